The highest BCUT2D eigenvalue weighted by atomic mass is 16.5. The maximum Gasteiger partial charge on any atom is 0.305 e. The second-order valence-electron chi connectivity index (χ2n) is 5.86. The quantitative estimate of drug-likeness (QED) is 0.665. The number of ether oxygens (including phenoxy) is 1. The molecule has 0 heterocycles. The number of carboxylic acid groups (broad SMARTS) is 1. The molecule has 2 amide bonds. The fraction of sp³-hybridized carbons (Fsp3) is 0.471. The number of hydrogen-bond acceptors (Lipinski definition) is 4. The molecule has 1 aliphatic rings. The average Bonchev–Trinajstić information content (AvgIpc) is 2.51. The van der Waals surface area contributed by atoms with Crippen molar-refractivity contribution in [1.29, 1.82) is 0 Å². The van der Waals surface area contributed by atoms with E-state index in [1.54, 1.807) is 24.3 Å². The number of amides is 2. The van der Waals surface area contributed by atoms with E-state index >= 15 is 0 Å². The molecule has 0 saturated heterocycles. The molecule has 1 saturated carbocycles. The Labute approximate surface area is 140 Å². The van der Waals surface area contributed by atoms with Crippen LogP contribution in [-0.4, -0.2) is 41.6 Å². The van der Waals surface area contributed by atoms with E-state index in [1.807, 2.05) is 6.92 Å². The van der Waals surface area contributed by atoms with Crippen LogP contribution in [0.15, 0.2) is 24.3 Å². The molecular weight excluding hydrogens is 312 g/mol. The molecule has 0 aromatic heterocycles. The van der Waals surface area contributed by atoms with Gasteiger partial charge in [0.1, 0.15) is 5.75 Å². The molecule has 1 aromatic carbocycles. The summed E-state index contributed by atoms with van der Waals surface area (Å²) in [7, 11) is 0. The van der Waals surface area contributed by atoms with Crippen LogP contribution in [0.25, 0.3) is 0 Å². The Morgan fingerprint density at radius 2 is 1.96 bits per heavy atom. The molecule has 0 unspecified atom stereocenters. The normalized spacial score (nSPS) is 15.0. The molecule has 130 valence electrons. The van der Waals surface area contributed by atoms with Crippen LogP contribution < -0.4 is 15.4 Å². The number of benzene rings is 1. The highest BCUT2D eigenvalue weighted by Crippen LogP contribution is 2.34. The van der Waals surface area contributed by atoms with Gasteiger partial charge in [0.2, 0.25) is 5.91 Å². The number of aliphatic carboxylic acids is 1. The molecule has 2 rings (SSSR count). The lowest BCUT2D eigenvalue weighted by Crippen LogP contribution is -2.56. The Hall–Kier alpha value is -2.57. The van der Waals surface area contributed by atoms with Gasteiger partial charge in [0.15, 0.2) is 0 Å². The van der Waals surface area contributed by atoms with Crippen LogP contribution in [0.2, 0.25) is 0 Å². The van der Waals surface area contributed by atoms with Gasteiger partial charge in [0.25, 0.3) is 5.91 Å². The third-order valence-corrected chi connectivity index (χ3v) is 4.05. The monoisotopic (exact) mass is 334 g/mol. The van der Waals surface area contributed by atoms with Gasteiger partial charge in [-0.05, 0) is 38.3 Å². The van der Waals surface area contributed by atoms with Crippen molar-refractivity contribution in [3.63, 3.8) is 0 Å². The summed E-state index contributed by atoms with van der Waals surface area (Å²) >= 11 is 0. The first kappa shape index (κ1) is 17.8. The van der Waals surface area contributed by atoms with Crippen LogP contribution in [0, 0.1) is 0 Å². The zero-order valence-corrected chi connectivity index (χ0v) is 13.6. The van der Waals surface area contributed by atoms with Crippen molar-refractivity contribution >= 4 is 17.8 Å². The number of hydrogen-bond donors (Lipinski definition) is 3. The summed E-state index contributed by atoms with van der Waals surface area (Å²) in [5.41, 5.74) is -0.312. The number of para-hydroxylation sites is 1. The summed E-state index contributed by atoms with van der Waals surface area (Å²) in [6.07, 6.45) is 2.08. The molecule has 1 aromatic rings. The topological polar surface area (TPSA) is 105 Å². The van der Waals surface area contributed by atoms with Crippen molar-refractivity contribution in [2.45, 2.75) is 38.1 Å². The molecule has 0 atom stereocenters. The summed E-state index contributed by atoms with van der Waals surface area (Å²) in [5, 5.41) is 14.2. The SMILES string of the molecule is CCOc1ccccc1C(=O)NCC(=O)NC1(CC(=O)O)CCC1. The first-order chi connectivity index (χ1) is 11.5. The van der Waals surface area contributed by atoms with Crippen molar-refractivity contribution in [2.75, 3.05) is 13.2 Å². The highest BCUT2D eigenvalue weighted by molar-refractivity contribution is 5.98. The third kappa shape index (κ3) is 4.47. The summed E-state index contributed by atoms with van der Waals surface area (Å²) < 4.78 is 5.39. The maximum absolute atomic E-state index is 12.2. The minimum absolute atomic E-state index is 0.0974. The predicted molar refractivity (Wildman–Crippen MR) is 86.9 cm³/mol. The molecule has 0 spiro atoms. The summed E-state index contributed by atoms with van der Waals surface area (Å²) in [4.78, 5) is 35.1. The van der Waals surface area contributed by atoms with Crippen molar-refractivity contribution in [2.24, 2.45) is 0 Å². The summed E-state index contributed by atoms with van der Waals surface area (Å²) in [5.74, 6) is -1.28. The summed E-state index contributed by atoms with van der Waals surface area (Å²) in [6.45, 7) is 2.05. The van der Waals surface area contributed by atoms with Gasteiger partial charge in [-0.1, -0.05) is 12.1 Å². The Kier molecular flexibility index (Phi) is 5.78. The van der Waals surface area contributed by atoms with Gasteiger partial charge < -0.3 is 20.5 Å². The van der Waals surface area contributed by atoms with Crippen LogP contribution in [-0.2, 0) is 9.59 Å². The van der Waals surface area contributed by atoms with E-state index in [1.165, 1.54) is 0 Å². The number of carbonyl (C=O) groups excluding carboxylic acids is 2. The Bertz CT molecular complexity index is 625. The Morgan fingerprint density at radius 3 is 2.54 bits per heavy atom. The van der Waals surface area contributed by atoms with Crippen molar-refractivity contribution in [1.82, 2.24) is 10.6 Å². The first-order valence-corrected chi connectivity index (χ1v) is 7.98. The molecular formula is C17H22N2O5. The number of nitrogens with one attached hydrogen (secondary N) is 2. The van der Waals surface area contributed by atoms with Crippen LogP contribution >= 0.6 is 0 Å². The van der Waals surface area contributed by atoms with Crippen LogP contribution in [0.4, 0.5) is 0 Å². The fourth-order valence-electron chi connectivity index (χ4n) is 2.77. The van der Waals surface area contributed by atoms with Crippen molar-refractivity contribution < 1.29 is 24.2 Å². The first-order valence-electron chi connectivity index (χ1n) is 7.98. The number of carboxylic acids is 1. The molecule has 1 fully saturated rings. The fourth-order valence-corrected chi connectivity index (χ4v) is 2.77. The minimum atomic E-state index is -0.940. The van der Waals surface area contributed by atoms with E-state index in [9.17, 15) is 14.4 Å². The van der Waals surface area contributed by atoms with Gasteiger partial charge in [-0.25, -0.2) is 0 Å². The second-order valence-corrected chi connectivity index (χ2v) is 5.86. The van der Waals surface area contributed by atoms with E-state index in [2.05, 4.69) is 10.6 Å². The minimum Gasteiger partial charge on any atom is -0.493 e. The van der Waals surface area contributed by atoms with Gasteiger partial charge in [0, 0.05) is 0 Å². The standard InChI is InChI=1S/C17H22N2O5/c1-2-24-13-7-4-3-6-12(13)16(23)18-11-14(20)19-17(8-5-9-17)10-15(21)22/h3-4,6-7H,2,5,8-11H2,1H3,(H,18,23)(H,19,20)(H,21,22). The molecule has 3 N–H and O–H groups in total. The molecule has 0 bridgehead atoms. The lowest BCUT2D eigenvalue weighted by Gasteiger charge is -2.41. The number of carbonyl (C=O) groups is 3. The van der Waals surface area contributed by atoms with E-state index in [4.69, 9.17) is 9.84 Å². The Balaban J connectivity index is 1.90. The van der Waals surface area contributed by atoms with Gasteiger partial charge >= 0.3 is 5.97 Å². The van der Waals surface area contributed by atoms with Gasteiger partial charge in [-0.2, -0.15) is 0 Å². The van der Waals surface area contributed by atoms with Crippen LogP contribution in [0.3, 0.4) is 0 Å². The number of rotatable bonds is 8. The van der Waals surface area contributed by atoms with Gasteiger partial charge in [-0.3, -0.25) is 14.4 Å². The van der Waals surface area contributed by atoms with Crippen LogP contribution in [0.5, 0.6) is 5.75 Å². The molecule has 24 heavy (non-hydrogen) atoms. The molecule has 0 radical (unpaired) electrons. The van der Waals surface area contributed by atoms with Crippen LogP contribution in [0.1, 0.15) is 43.0 Å². The highest BCUT2D eigenvalue weighted by Gasteiger charge is 2.40. The third-order valence-electron chi connectivity index (χ3n) is 4.05. The van der Waals surface area contributed by atoms with Crippen molar-refractivity contribution in [3.8, 4) is 5.75 Å². The van der Waals surface area contributed by atoms with E-state index in [0.717, 1.165) is 6.42 Å². The van der Waals surface area contributed by atoms with Gasteiger partial charge in [0.05, 0.1) is 30.7 Å². The summed E-state index contributed by atoms with van der Waals surface area (Å²) in [6, 6.07) is 6.79. The lowest BCUT2D eigenvalue weighted by atomic mass is 9.74. The zero-order valence-electron chi connectivity index (χ0n) is 13.6. The van der Waals surface area contributed by atoms with E-state index in [-0.39, 0.29) is 13.0 Å². The average molecular weight is 334 g/mol. The molecule has 1 aliphatic carbocycles. The molecule has 0 aliphatic heterocycles. The maximum atomic E-state index is 12.2. The lowest BCUT2D eigenvalue weighted by molar-refractivity contribution is -0.140. The predicted octanol–water partition coefficient (Wildman–Crippen LogP) is 1.33. The van der Waals surface area contributed by atoms with Crippen molar-refractivity contribution in [3.05, 3.63) is 29.8 Å². The van der Waals surface area contributed by atoms with E-state index < -0.39 is 23.3 Å². The van der Waals surface area contributed by atoms with Gasteiger partial charge in [-0.15, -0.1) is 0 Å². The molecule has 7 heteroatoms. The van der Waals surface area contributed by atoms with E-state index in [0.29, 0.717) is 30.8 Å². The smallest absolute Gasteiger partial charge is 0.305 e. The molecule has 7 nitrogen and oxygen atoms in total. The largest absolute Gasteiger partial charge is 0.493 e. The Morgan fingerprint density at radius 1 is 1.25 bits per heavy atom. The zero-order chi connectivity index (χ0) is 17.6. The second kappa shape index (κ2) is 7.81.